The highest BCUT2D eigenvalue weighted by Crippen LogP contribution is 2.35. The Labute approximate surface area is 92.5 Å². The molecular weight excluding hydrogens is 338 g/mol. The lowest BCUT2D eigenvalue weighted by Gasteiger charge is -2.11. The van der Waals surface area contributed by atoms with Gasteiger partial charge in [0.2, 0.25) is 5.95 Å². The van der Waals surface area contributed by atoms with Crippen LogP contribution in [-0.4, -0.2) is 11.3 Å². The molecule has 1 heterocycles. The van der Waals surface area contributed by atoms with Crippen LogP contribution in [0.5, 0.6) is 5.75 Å². The molecule has 0 amide bonds. The van der Waals surface area contributed by atoms with Gasteiger partial charge in [-0.3, -0.25) is 0 Å². The Kier molecular flexibility index (Phi) is 3.36. The normalized spacial score (nSPS) is 11.6. The first-order valence-electron chi connectivity index (χ1n) is 3.07. The number of ether oxygens (including phenoxy) is 1. The molecule has 78 valence electrons. The van der Waals surface area contributed by atoms with Gasteiger partial charge in [-0.1, -0.05) is 0 Å². The Morgan fingerprint density at radius 2 is 1.86 bits per heavy atom. The van der Waals surface area contributed by atoms with E-state index in [2.05, 4.69) is 41.6 Å². The summed E-state index contributed by atoms with van der Waals surface area (Å²) >= 11 is 5.36. The average molecular weight is 339 g/mol. The second-order valence-corrected chi connectivity index (χ2v) is 3.70. The molecule has 1 rings (SSSR count). The zero-order valence-electron chi connectivity index (χ0n) is 6.20. The predicted octanol–water partition coefficient (Wildman–Crippen LogP) is 3.64. The smallest absolute Gasteiger partial charge is 0.402 e. The van der Waals surface area contributed by atoms with Crippen LogP contribution in [0.3, 0.4) is 0 Å². The predicted molar refractivity (Wildman–Crippen MR) is 46.3 cm³/mol. The fourth-order valence-corrected chi connectivity index (χ4v) is 1.84. The minimum Gasteiger partial charge on any atom is -0.402 e. The van der Waals surface area contributed by atoms with Crippen LogP contribution in [0.2, 0.25) is 0 Å². The van der Waals surface area contributed by atoms with E-state index in [1.807, 2.05) is 0 Å². The third-order valence-electron chi connectivity index (χ3n) is 1.07. The number of hydrogen-bond acceptors (Lipinski definition) is 2. The van der Waals surface area contributed by atoms with Gasteiger partial charge in [0.05, 0.1) is 4.47 Å². The van der Waals surface area contributed by atoms with Gasteiger partial charge in [-0.15, -0.1) is 13.2 Å². The van der Waals surface area contributed by atoms with Crippen molar-refractivity contribution in [3.63, 3.8) is 0 Å². The zero-order chi connectivity index (χ0) is 10.9. The molecule has 0 aliphatic rings. The summed E-state index contributed by atoms with van der Waals surface area (Å²) in [5.74, 6) is -1.53. The van der Waals surface area contributed by atoms with Gasteiger partial charge in [-0.05, 0) is 31.9 Å². The highest BCUT2D eigenvalue weighted by molar-refractivity contribution is 9.11. The Morgan fingerprint density at radius 1 is 1.29 bits per heavy atom. The Hall–Kier alpha value is -0.370. The van der Waals surface area contributed by atoms with Gasteiger partial charge in [-0.25, -0.2) is 4.98 Å². The molecule has 1 aromatic heterocycles. The van der Waals surface area contributed by atoms with Crippen molar-refractivity contribution < 1.29 is 22.3 Å². The molecule has 8 heteroatoms. The molecule has 0 spiro atoms. The molecule has 0 aromatic carbocycles. The maximum absolute atomic E-state index is 12.5. The number of nitrogens with zero attached hydrogens (tertiary/aromatic N) is 1. The van der Waals surface area contributed by atoms with Crippen LogP contribution in [0.25, 0.3) is 0 Å². The van der Waals surface area contributed by atoms with Gasteiger partial charge < -0.3 is 4.74 Å². The summed E-state index contributed by atoms with van der Waals surface area (Å²) in [4.78, 5) is 3.11. The van der Waals surface area contributed by atoms with Crippen molar-refractivity contribution in [2.75, 3.05) is 0 Å². The second-order valence-electron chi connectivity index (χ2n) is 2.09. The van der Waals surface area contributed by atoms with E-state index < -0.39 is 18.1 Å². The summed E-state index contributed by atoms with van der Waals surface area (Å²) in [5, 5.41) is 0. The van der Waals surface area contributed by atoms with Crippen molar-refractivity contribution in [1.29, 1.82) is 0 Å². The summed E-state index contributed by atoms with van der Waals surface area (Å²) < 4.78 is 51.0. The topological polar surface area (TPSA) is 22.1 Å². The van der Waals surface area contributed by atoms with Crippen LogP contribution in [0.15, 0.2) is 15.1 Å². The molecule has 0 radical (unpaired) electrons. The molecule has 1 aromatic rings. The van der Waals surface area contributed by atoms with Crippen LogP contribution in [0.4, 0.5) is 17.6 Å². The van der Waals surface area contributed by atoms with Crippen LogP contribution < -0.4 is 4.74 Å². The van der Waals surface area contributed by atoms with E-state index in [-0.39, 0.29) is 9.08 Å². The second kappa shape index (κ2) is 4.01. The standard InChI is InChI=1S/C6HBr2F4NO/c7-2-1-3(9)13-5(8)4(2)14-6(10,11)12/h1H. The van der Waals surface area contributed by atoms with E-state index in [1.165, 1.54) is 0 Å². The van der Waals surface area contributed by atoms with Crippen molar-refractivity contribution in [2.24, 2.45) is 0 Å². The fourth-order valence-electron chi connectivity index (χ4n) is 0.652. The molecule has 0 saturated heterocycles. The molecular formula is C6HBr2F4NO. The van der Waals surface area contributed by atoms with Crippen molar-refractivity contribution in [1.82, 2.24) is 4.98 Å². The lowest BCUT2D eigenvalue weighted by Crippen LogP contribution is -2.18. The highest BCUT2D eigenvalue weighted by atomic mass is 79.9. The quantitative estimate of drug-likeness (QED) is 0.576. The molecule has 0 aliphatic carbocycles. The van der Waals surface area contributed by atoms with Crippen molar-refractivity contribution in [2.45, 2.75) is 6.36 Å². The van der Waals surface area contributed by atoms with E-state index in [1.54, 1.807) is 0 Å². The van der Waals surface area contributed by atoms with Crippen LogP contribution in [-0.2, 0) is 0 Å². The minimum absolute atomic E-state index is 0.172. The van der Waals surface area contributed by atoms with Gasteiger partial charge in [0.25, 0.3) is 0 Å². The van der Waals surface area contributed by atoms with Gasteiger partial charge >= 0.3 is 6.36 Å². The van der Waals surface area contributed by atoms with E-state index in [9.17, 15) is 17.6 Å². The van der Waals surface area contributed by atoms with Crippen LogP contribution in [0, 0.1) is 5.95 Å². The van der Waals surface area contributed by atoms with Gasteiger partial charge in [0.1, 0.15) is 0 Å². The van der Waals surface area contributed by atoms with E-state index in [4.69, 9.17) is 0 Å². The Morgan fingerprint density at radius 3 is 2.29 bits per heavy atom. The van der Waals surface area contributed by atoms with Gasteiger partial charge in [0.15, 0.2) is 10.4 Å². The van der Waals surface area contributed by atoms with E-state index in [0.717, 1.165) is 6.07 Å². The van der Waals surface area contributed by atoms with Crippen LogP contribution in [0.1, 0.15) is 0 Å². The Bertz CT molecular complexity index is 331. The summed E-state index contributed by atoms with van der Waals surface area (Å²) in [6.07, 6.45) is -4.84. The summed E-state index contributed by atoms with van der Waals surface area (Å²) in [6, 6.07) is 0.770. The molecule has 0 bridgehead atoms. The zero-order valence-corrected chi connectivity index (χ0v) is 9.37. The van der Waals surface area contributed by atoms with Crippen molar-refractivity contribution in [3.05, 3.63) is 21.1 Å². The molecule has 14 heavy (non-hydrogen) atoms. The molecule has 0 atom stereocenters. The van der Waals surface area contributed by atoms with Crippen molar-refractivity contribution >= 4 is 31.9 Å². The first-order chi connectivity index (χ1) is 6.29. The van der Waals surface area contributed by atoms with E-state index in [0.29, 0.717) is 0 Å². The summed E-state index contributed by atoms with van der Waals surface area (Å²) in [7, 11) is 0. The summed E-state index contributed by atoms with van der Waals surface area (Å²) in [6.45, 7) is 0. The number of aromatic nitrogens is 1. The highest BCUT2D eigenvalue weighted by Gasteiger charge is 2.33. The maximum atomic E-state index is 12.5. The number of pyridine rings is 1. The SMILES string of the molecule is Fc1cc(Br)c(OC(F)(F)F)c(Br)n1. The lowest BCUT2D eigenvalue weighted by molar-refractivity contribution is -0.275. The van der Waals surface area contributed by atoms with Crippen LogP contribution >= 0.6 is 31.9 Å². The van der Waals surface area contributed by atoms with E-state index >= 15 is 0 Å². The maximum Gasteiger partial charge on any atom is 0.573 e. The molecule has 0 unspecified atom stereocenters. The summed E-state index contributed by atoms with van der Waals surface area (Å²) in [5.41, 5.74) is 0. The lowest BCUT2D eigenvalue weighted by atomic mass is 10.4. The first-order valence-corrected chi connectivity index (χ1v) is 4.65. The molecule has 0 fully saturated rings. The molecule has 0 N–H and O–H groups in total. The minimum atomic E-state index is -4.84. The largest absolute Gasteiger partial charge is 0.573 e. The Balaban J connectivity index is 3.09. The first kappa shape index (κ1) is 11.7. The molecule has 0 aliphatic heterocycles. The van der Waals surface area contributed by atoms with Gasteiger partial charge in [0, 0.05) is 6.07 Å². The number of halogens is 6. The molecule has 2 nitrogen and oxygen atoms in total. The number of hydrogen-bond donors (Lipinski definition) is 0. The number of alkyl halides is 3. The average Bonchev–Trinajstić information content (AvgIpc) is 1.95. The monoisotopic (exact) mass is 337 g/mol. The number of rotatable bonds is 1. The molecule has 0 saturated carbocycles. The van der Waals surface area contributed by atoms with Crippen molar-refractivity contribution in [3.8, 4) is 5.75 Å². The third kappa shape index (κ3) is 3.09. The fraction of sp³-hybridized carbons (Fsp3) is 0.167. The third-order valence-corrected chi connectivity index (χ3v) is 2.20. The van der Waals surface area contributed by atoms with Gasteiger partial charge in [-0.2, -0.15) is 4.39 Å².